The molecule has 108 valence electrons. The Kier molecular flexibility index (Phi) is 3.67. The fourth-order valence-corrected chi connectivity index (χ4v) is 2.11. The highest BCUT2D eigenvalue weighted by Crippen LogP contribution is 2.40. The van der Waals surface area contributed by atoms with Crippen LogP contribution in [0.15, 0.2) is 12.0 Å². The zero-order chi connectivity index (χ0) is 14.4. The fourth-order valence-electron chi connectivity index (χ4n) is 1.82. The number of ether oxygens (including phenoxy) is 1. The summed E-state index contributed by atoms with van der Waals surface area (Å²) in [6, 6.07) is -1.06. The molecule has 1 fully saturated rings. The van der Waals surface area contributed by atoms with E-state index in [1.807, 2.05) is 0 Å². The van der Waals surface area contributed by atoms with Crippen LogP contribution in [0.4, 0.5) is 13.6 Å². The highest BCUT2D eigenvalue weighted by atomic mass is 35.5. The molecule has 2 aliphatic heterocycles. The summed E-state index contributed by atoms with van der Waals surface area (Å²) >= 11 is 5.45. The topological polar surface area (TPSA) is 102 Å². The normalized spacial score (nSPS) is 43.2. The van der Waals surface area contributed by atoms with Crippen LogP contribution in [0.3, 0.4) is 0 Å². The van der Waals surface area contributed by atoms with Gasteiger partial charge in [0.05, 0.1) is 6.61 Å². The van der Waals surface area contributed by atoms with Crippen molar-refractivity contribution in [3.63, 3.8) is 0 Å². The van der Waals surface area contributed by atoms with E-state index in [0.717, 1.165) is 0 Å². The van der Waals surface area contributed by atoms with Crippen molar-refractivity contribution < 1.29 is 33.6 Å². The van der Waals surface area contributed by atoms with Crippen molar-refractivity contribution in [1.29, 1.82) is 0 Å². The molecule has 2 amide bonds. The average molecular weight is 301 g/mol. The summed E-state index contributed by atoms with van der Waals surface area (Å²) in [7, 11) is 0. The molecule has 0 aromatic heterocycles. The number of alkyl halides is 2. The SMILES string of the molecule is O=C1NC(O)C(F)=CN1[C@@H]1O[C@H](CO)[C@@H](O)[C@]1(F)Cl. The molecule has 4 N–H and O–H groups in total. The van der Waals surface area contributed by atoms with Gasteiger partial charge in [0.25, 0.3) is 5.13 Å². The molecule has 1 saturated heterocycles. The van der Waals surface area contributed by atoms with Crippen molar-refractivity contribution in [2.24, 2.45) is 0 Å². The second kappa shape index (κ2) is 4.84. The van der Waals surface area contributed by atoms with Gasteiger partial charge >= 0.3 is 6.03 Å². The molecule has 0 saturated carbocycles. The maximum absolute atomic E-state index is 14.1. The van der Waals surface area contributed by atoms with Crippen LogP contribution >= 0.6 is 11.6 Å². The van der Waals surface area contributed by atoms with E-state index < -0.39 is 48.3 Å². The first-order valence-electron chi connectivity index (χ1n) is 5.25. The summed E-state index contributed by atoms with van der Waals surface area (Å²) < 4.78 is 32.2. The number of nitrogens with one attached hydrogen (secondary N) is 1. The molecule has 5 atom stereocenters. The van der Waals surface area contributed by atoms with Crippen LogP contribution in [0, 0.1) is 0 Å². The average Bonchev–Trinajstić information content (AvgIpc) is 2.56. The van der Waals surface area contributed by atoms with Gasteiger partial charge in [-0.05, 0) is 0 Å². The van der Waals surface area contributed by atoms with Crippen LogP contribution in [0.1, 0.15) is 0 Å². The van der Waals surface area contributed by atoms with E-state index >= 15 is 0 Å². The number of aliphatic hydroxyl groups excluding tert-OH is 3. The Morgan fingerprint density at radius 3 is 2.74 bits per heavy atom. The number of hydrogen-bond donors (Lipinski definition) is 4. The van der Waals surface area contributed by atoms with Crippen molar-refractivity contribution in [2.45, 2.75) is 29.8 Å². The summed E-state index contributed by atoms with van der Waals surface area (Å²) in [6.07, 6.45) is -6.44. The maximum Gasteiger partial charge on any atom is 0.326 e. The predicted octanol–water partition coefficient (Wildman–Crippen LogP) is -0.876. The molecule has 0 spiro atoms. The number of hydrogen-bond acceptors (Lipinski definition) is 5. The third kappa shape index (κ3) is 2.28. The smallest absolute Gasteiger partial charge is 0.326 e. The van der Waals surface area contributed by atoms with Gasteiger partial charge in [-0.25, -0.2) is 13.6 Å². The van der Waals surface area contributed by atoms with Gasteiger partial charge in [0.2, 0.25) is 0 Å². The van der Waals surface area contributed by atoms with E-state index in [4.69, 9.17) is 26.6 Å². The van der Waals surface area contributed by atoms with Gasteiger partial charge in [-0.3, -0.25) is 4.90 Å². The minimum Gasteiger partial charge on any atom is -0.394 e. The number of carbonyl (C=O) groups is 1. The first kappa shape index (κ1) is 14.4. The zero-order valence-electron chi connectivity index (χ0n) is 9.33. The predicted molar refractivity (Wildman–Crippen MR) is 57.0 cm³/mol. The van der Waals surface area contributed by atoms with E-state index in [-0.39, 0.29) is 0 Å². The summed E-state index contributed by atoms with van der Waals surface area (Å²) in [4.78, 5) is 11.9. The molecule has 0 aromatic rings. The number of aliphatic hydroxyl groups is 3. The van der Waals surface area contributed by atoms with Gasteiger partial charge in [-0.1, -0.05) is 11.6 Å². The molecule has 19 heavy (non-hydrogen) atoms. The minimum absolute atomic E-state index is 0.425. The van der Waals surface area contributed by atoms with Crippen LogP contribution in [0.2, 0.25) is 0 Å². The molecule has 2 heterocycles. The van der Waals surface area contributed by atoms with Gasteiger partial charge in [-0.2, -0.15) is 0 Å². The molecule has 0 radical (unpaired) electrons. The molecular weight excluding hydrogens is 290 g/mol. The maximum atomic E-state index is 14.1. The summed E-state index contributed by atoms with van der Waals surface area (Å²) in [6.45, 7) is -0.736. The van der Waals surface area contributed by atoms with E-state index in [1.54, 1.807) is 5.32 Å². The number of rotatable bonds is 2. The molecule has 1 unspecified atom stereocenters. The molecular formula is C9H11ClF2N2O5. The minimum atomic E-state index is -2.93. The lowest BCUT2D eigenvalue weighted by atomic mass is 10.1. The van der Waals surface area contributed by atoms with Crippen LogP contribution in [-0.2, 0) is 4.74 Å². The Morgan fingerprint density at radius 2 is 2.21 bits per heavy atom. The van der Waals surface area contributed by atoms with Gasteiger partial charge < -0.3 is 25.4 Å². The number of halogens is 3. The Labute approximate surface area is 111 Å². The van der Waals surface area contributed by atoms with Crippen molar-refractivity contribution in [3.8, 4) is 0 Å². The monoisotopic (exact) mass is 300 g/mol. The fraction of sp³-hybridized carbons (Fsp3) is 0.667. The van der Waals surface area contributed by atoms with E-state index in [0.29, 0.717) is 11.1 Å². The summed E-state index contributed by atoms with van der Waals surface area (Å²) in [5, 5.41) is 26.3. The molecule has 0 bridgehead atoms. The van der Waals surface area contributed by atoms with Crippen molar-refractivity contribution >= 4 is 17.6 Å². The van der Waals surface area contributed by atoms with Crippen molar-refractivity contribution in [1.82, 2.24) is 10.2 Å². The Hall–Kier alpha value is -1.00. The van der Waals surface area contributed by atoms with Gasteiger partial charge in [0, 0.05) is 6.20 Å². The number of nitrogens with zero attached hydrogens (tertiary/aromatic N) is 1. The van der Waals surface area contributed by atoms with Crippen LogP contribution in [-0.4, -0.2) is 62.6 Å². The molecule has 7 nitrogen and oxygen atoms in total. The number of urea groups is 1. The zero-order valence-corrected chi connectivity index (χ0v) is 10.1. The molecule has 0 aliphatic carbocycles. The summed E-state index contributed by atoms with van der Waals surface area (Å²) in [5.74, 6) is -1.15. The lowest BCUT2D eigenvalue weighted by molar-refractivity contribution is -0.0657. The van der Waals surface area contributed by atoms with Gasteiger partial charge in [0.15, 0.2) is 18.3 Å². The van der Waals surface area contributed by atoms with Crippen LogP contribution in [0.5, 0.6) is 0 Å². The number of amides is 2. The Morgan fingerprint density at radius 1 is 1.58 bits per heavy atom. The highest BCUT2D eigenvalue weighted by molar-refractivity contribution is 6.24. The van der Waals surface area contributed by atoms with E-state index in [1.165, 1.54) is 0 Å². The van der Waals surface area contributed by atoms with E-state index in [9.17, 15) is 18.7 Å². The largest absolute Gasteiger partial charge is 0.394 e. The third-order valence-electron chi connectivity index (χ3n) is 2.83. The third-order valence-corrected chi connectivity index (χ3v) is 3.24. The Balaban J connectivity index is 2.29. The quantitative estimate of drug-likeness (QED) is 0.496. The second-order valence-electron chi connectivity index (χ2n) is 4.10. The van der Waals surface area contributed by atoms with Crippen molar-refractivity contribution in [2.75, 3.05) is 6.61 Å². The highest BCUT2D eigenvalue weighted by Gasteiger charge is 2.59. The van der Waals surface area contributed by atoms with Crippen LogP contribution in [0.25, 0.3) is 0 Å². The first-order chi connectivity index (χ1) is 8.78. The summed E-state index contributed by atoms with van der Waals surface area (Å²) in [5.41, 5.74) is 0. The van der Waals surface area contributed by atoms with Crippen molar-refractivity contribution in [3.05, 3.63) is 12.0 Å². The lowest BCUT2D eigenvalue weighted by Gasteiger charge is -2.33. The lowest BCUT2D eigenvalue weighted by Crippen LogP contribution is -2.56. The Bertz CT molecular complexity index is 421. The second-order valence-corrected chi connectivity index (χ2v) is 4.68. The van der Waals surface area contributed by atoms with Crippen LogP contribution < -0.4 is 5.32 Å². The van der Waals surface area contributed by atoms with Gasteiger partial charge in [-0.15, -0.1) is 0 Å². The standard InChI is InChI=1S/C9H11ClF2N2O5/c10-9(12)5(16)4(2-15)19-7(9)14-1-3(11)6(17)13-8(14)18/h1,4-7,15-17H,2H2,(H,13,18)/t4-,5-,6?,7-,9-/m1/s1. The van der Waals surface area contributed by atoms with E-state index in [2.05, 4.69) is 0 Å². The molecule has 2 aliphatic rings. The molecule has 10 heteroatoms. The molecule has 2 rings (SSSR count). The van der Waals surface area contributed by atoms with Gasteiger partial charge in [0.1, 0.15) is 12.2 Å². The first-order valence-corrected chi connectivity index (χ1v) is 5.63. The molecule has 0 aromatic carbocycles. The number of carbonyl (C=O) groups excluding carboxylic acids is 1.